The third kappa shape index (κ3) is 7.17. The molecule has 0 fully saturated rings. The molecule has 0 aliphatic heterocycles. The first kappa shape index (κ1) is 17.2. The second-order valence-corrected chi connectivity index (χ2v) is 2.73. The number of carbonyl (C=O) groups excluding carboxylic acids is 1. The van der Waals surface area contributed by atoms with Gasteiger partial charge in [-0.15, -0.1) is 0 Å². The van der Waals surface area contributed by atoms with Crippen molar-refractivity contribution < 1.29 is 4.79 Å². The molecule has 0 bridgehead atoms. The third-order valence-corrected chi connectivity index (χ3v) is 1.82. The summed E-state index contributed by atoms with van der Waals surface area (Å²) in [4.78, 5) is 17.8. The highest BCUT2D eigenvalue weighted by Gasteiger charge is 2.12. The van der Waals surface area contributed by atoms with Crippen molar-refractivity contribution in [3.05, 3.63) is 18.2 Å². The van der Waals surface area contributed by atoms with E-state index in [0.717, 1.165) is 5.69 Å². The van der Waals surface area contributed by atoms with Crippen molar-refractivity contribution in [2.45, 2.75) is 47.1 Å². The van der Waals surface area contributed by atoms with Crippen LogP contribution in [0, 0.1) is 0 Å². The summed E-state index contributed by atoms with van der Waals surface area (Å²) < 4.78 is 0. The number of rotatable bonds is 4. The molecule has 2 N–H and O–H groups in total. The van der Waals surface area contributed by atoms with Crippen molar-refractivity contribution in [3.63, 3.8) is 0 Å². The molecule has 4 nitrogen and oxygen atoms in total. The molecule has 94 valence electrons. The number of hydrogen-bond acceptors (Lipinski definition) is 3. The number of likely N-dealkylation sites (N-methyl/N-ethyl adjacent to an activating group) is 1. The first-order valence-electron chi connectivity index (χ1n) is 5.89. The Labute approximate surface area is 98.9 Å². The second kappa shape index (κ2) is 11.9. The zero-order valence-electron chi connectivity index (χ0n) is 11.3. The van der Waals surface area contributed by atoms with Crippen LogP contribution in [0.5, 0.6) is 0 Å². The number of aromatic nitrogens is 2. The fourth-order valence-corrected chi connectivity index (χ4v) is 1.07. The van der Waals surface area contributed by atoms with Crippen molar-refractivity contribution in [3.8, 4) is 0 Å². The van der Waals surface area contributed by atoms with Gasteiger partial charge in [0.2, 0.25) is 0 Å². The molecule has 0 spiro atoms. The van der Waals surface area contributed by atoms with Crippen LogP contribution in [0.3, 0.4) is 0 Å². The molecule has 1 rings (SSSR count). The minimum Gasteiger partial charge on any atom is -0.348 e. The van der Waals surface area contributed by atoms with E-state index in [4.69, 9.17) is 0 Å². The Balaban J connectivity index is 0. The largest absolute Gasteiger partial charge is 0.348 e. The molecular formula is C12H25N3O. The second-order valence-electron chi connectivity index (χ2n) is 2.73. The maximum atomic E-state index is 11.0. The van der Waals surface area contributed by atoms with Crippen LogP contribution in [0.2, 0.25) is 0 Å². The molecule has 0 aliphatic rings. The topological polar surface area (TPSA) is 57.8 Å². The molecule has 16 heavy (non-hydrogen) atoms. The van der Waals surface area contributed by atoms with Gasteiger partial charge < -0.3 is 10.3 Å². The predicted molar refractivity (Wildman–Crippen MR) is 68.5 cm³/mol. The van der Waals surface area contributed by atoms with Crippen LogP contribution >= 0.6 is 0 Å². The summed E-state index contributed by atoms with van der Waals surface area (Å²) in [6.45, 7) is 9.58. The number of nitrogens with one attached hydrogen (secondary N) is 2. The van der Waals surface area contributed by atoms with E-state index in [2.05, 4.69) is 15.3 Å². The average Bonchev–Trinajstić information content (AvgIpc) is 2.83. The van der Waals surface area contributed by atoms with Crippen LogP contribution in [0.15, 0.2) is 12.5 Å². The Hall–Kier alpha value is -1.16. The fourth-order valence-electron chi connectivity index (χ4n) is 1.07. The van der Waals surface area contributed by atoms with E-state index in [9.17, 15) is 4.79 Å². The van der Waals surface area contributed by atoms with E-state index in [1.54, 1.807) is 26.5 Å². The van der Waals surface area contributed by atoms with Crippen LogP contribution in [-0.2, 0) is 11.2 Å². The summed E-state index contributed by atoms with van der Waals surface area (Å²) in [5.74, 6) is 0.145. The van der Waals surface area contributed by atoms with Gasteiger partial charge in [-0.3, -0.25) is 4.79 Å². The van der Waals surface area contributed by atoms with E-state index in [1.165, 1.54) is 0 Å². The fraction of sp³-hybridized carbons (Fsp3) is 0.667. The molecule has 1 aromatic heterocycles. The van der Waals surface area contributed by atoms with E-state index >= 15 is 0 Å². The molecule has 4 heteroatoms. The molecule has 0 saturated carbocycles. The number of imidazole rings is 1. The molecule has 1 aromatic rings. The zero-order valence-corrected chi connectivity index (χ0v) is 11.3. The molecule has 0 amide bonds. The lowest BCUT2D eigenvalue weighted by atomic mass is 10.1. The highest BCUT2D eigenvalue weighted by Crippen LogP contribution is 1.98. The first-order chi connectivity index (χ1) is 7.74. The number of ketones is 1. The molecule has 0 aliphatic carbocycles. The van der Waals surface area contributed by atoms with Gasteiger partial charge in [0, 0.05) is 18.3 Å². The third-order valence-electron chi connectivity index (χ3n) is 1.82. The van der Waals surface area contributed by atoms with Crippen LogP contribution < -0.4 is 5.32 Å². The van der Waals surface area contributed by atoms with Crippen molar-refractivity contribution >= 4 is 5.78 Å². The van der Waals surface area contributed by atoms with E-state index < -0.39 is 0 Å². The van der Waals surface area contributed by atoms with Gasteiger partial charge in [-0.2, -0.15) is 0 Å². The Morgan fingerprint density at radius 3 is 2.31 bits per heavy atom. The molecule has 1 heterocycles. The zero-order chi connectivity index (χ0) is 13.0. The minimum absolute atomic E-state index is 0.106. The Bertz CT molecular complexity index is 245. The summed E-state index contributed by atoms with van der Waals surface area (Å²) in [5, 5.41) is 2.94. The number of aromatic amines is 1. The molecule has 0 unspecified atom stereocenters. The summed E-state index contributed by atoms with van der Waals surface area (Å²) in [7, 11) is 1.78. The molecule has 0 aromatic carbocycles. The van der Waals surface area contributed by atoms with Gasteiger partial charge in [0.25, 0.3) is 0 Å². The Morgan fingerprint density at radius 2 is 2.00 bits per heavy atom. The van der Waals surface area contributed by atoms with Crippen molar-refractivity contribution in [2.24, 2.45) is 0 Å². The number of hydrogen-bond donors (Lipinski definition) is 2. The van der Waals surface area contributed by atoms with Crippen LogP contribution in [0.1, 0.15) is 40.3 Å². The number of nitrogens with zero attached hydrogens (tertiary/aromatic N) is 1. The monoisotopic (exact) mass is 227 g/mol. The maximum Gasteiger partial charge on any atom is 0.147 e. The average molecular weight is 227 g/mol. The van der Waals surface area contributed by atoms with Crippen molar-refractivity contribution in [1.29, 1.82) is 0 Å². The van der Waals surface area contributed by atoms with Crippen LogP contribution in [-0.4, -0.2) is 28.8 Å². The number of H-pyrrole nitrogens is 1. The smallest absolute Gasteiger partial charge is 0.147 e. The summed E-state index contributed by atoms with van der Waals surface area (Å²) >= 11 is 0. The summed E-state index contributed by atoms with van der Waals surface area (Å²) in [6, 6.07) is -0.106. The Morgan fingerprint density at radius 1 is 1.44 bits per heavy atom. The summed E-state index contributed by atoms with van der Waals surface area (Å²) in [5.41, 5.74) is 0.976. The normalized spacial score (nSPS) is 10.4. The highest BCUT2D eigenvalue weighted by atomic mass is 16.1. The standard InChI is InChI=1S/C8H13N3O.2C2H6/c1-6(12)8(9-2)3-7-4-10-5-11-7;2*1-2/h4-5,8-9H,3H2,1-2H3,(H,10,11);2*1-2H3/t8-;;/m0../s1. The lowest BCUT2D eigenvalue weighted by molar-refractivity contribution is -0.118. The molecular weight excluding hydrogens is 202 g/mol. The minimum atomic E-state index is -0.106. The predicted octanol–water partition coefficient (Wildman–Crippen LogP) is 2.18. The Kier molecular flexibility index (Phi) is 12.8. The summed E-state index contributed by atoms with van der Waals surface area (Å²) in [6.07, 6.45) is 4.02. The number of Topliss-reactive ketones (excluding diaryl/α,β-unsaturated/α-hetero) is 1. The van der Waals surface area contributed by atoms with Crippen molar-refractivity contribution in [1.82, 2.24) is 15.3 Å². The van der Waals surface area contributed by atoms with Gasteiger partial charge >= 0.3 is 0 Å². The van der Waals surface area contributed by atoms with E-state index in [1.807, 2.05) is 27.7 Å². The van der Waals surface area contributed by atoms with Gasteiger partial charge in [0.15, 0.2) is 0 Å². The lowest BCUT2D eigenvalue weighted by Crippen LogP contribution is -2.34. The number of carbonyl (C=O) groups is 1. The highest BCUT2D eigenvalue weighted by molar-refractivity contribution is 5.81. The van der Waals surface area contributed by atoms with Crippen LogP contribution in [0.25, 0.3) is 0 Å². The van der Waals surface area contributed by atoms with Gasteiger partial charge in [-0.25, -0.2) is 4.98 Å². The molecule has 1 atom stereocenters. The SMILES string of the molecule is CC.CC.CN[C@@H](Cc1cnc[nH]1)C(C)=O. The molecule has 0 radical (unpaired) electrons. The van der Waals surface area contributed by atoms with Gasteiger partial charge in [-0.05, 0) is 14.0 Å². The molecule has 0 saturated heterocycles. The van der Waals surface area contributed by atoms with Crippen molar-refractivity contribution in [2.75, 3.05) is 7.05 Å². The van der Waals surface area contributed by atoms with E-state index in [-0.39, 0.29) is 11.8 Å². The van der Waals surface area contributed by atoms with E-state index in [0.29, 0.717) is 6.42 Å². The van der Waals surface area contributed by atoms with Gasteiger partial charge in [0.05, 0.1) is 12.4 Å². The van der Waals surface area contributed by atoms with Gasteiger partial charge in [-0.1, -0.05) is 27.7 Å². The van der Waals surface area contributed by atoms with Gasteiger partial charge in [0.1, 0.15) is 5.78 Å². The maximum absolute atomic E-state index is 11.0. The first-order valence-corrected chi connectivity index (χ1v) is 5.89. The quantitative estimate of drug-likeness (QED) is 0.829. The lowest BCUT2D eigenvalue weighted by Gasteiger charge is -2.10. The van der Waals surface area contributed by atoms with Crippen LogP contribution in [0.4, 0.5) is 0 Å².